The van der Waals surface area contributed by atoms with Crippen LogP contribution in [0, 0.1) is 0 Å². The molecule has 0 atom stereocenters. The molecule has 0 fully saturated rings. The molecule has 0 aliphatic carbocycles. The van der Waals surface area contributed by atoms with Crippen molar-refractivity contribution in [2.45, 2.75) is 10.8 Å². The predicted octanol–water partition coefficient (Wildman–Crippen LogP) is 2.69. The minimum Gasteiger partial charge on any atom is -0.497 e. The van der Waals surface area contributed by atoms with E-state index in [2.05, 4.69) is 12.6 Å². The zero-order chi connectivity index (χ0) is 10.1. The Kier molecular flexibility index (Phi) is 2.67. The lowest BCUT2D eigenvalue weighted by molar-refractivity contribution is 0.282. The number of aliphatic hydroxyl groups excluding tert-OH is 1. The number of methoxy groups -OCH3 is 1. The molecule has 1 aromatic carbocycles. The van der Waals surface area contributed by atoms with Crippen LogP contribution in [0.15, 0.2) is 22.4 Å². The van der Waals surface area contributed by atoms with E-state index in [0.29, 0.717) is 0 Å². The summed E-state index contributed by atoms with van der Waals surface area (Å²) >= 11 is 5.87. The van der Waals surface area contributed by atoms with E-state index in [1.165, 1.54) is 0 Å². The first kappa shape index (κ1) is 9.83. The molecule has 1 aromatic heterocycles. The number of benzene rings is 1. The Morgan fingerprint density at radius 3 is 2.86 bits per heavy atom. The molecule has 0 amide bonds. The second-order valence-electron chi connectivity index (χ2n) is 2.94. The van der Waals surface area contributed by atoms with Crippen molar-refractivity contribution in [2.75, 3.05) is 7.11 Å². The Labute approximate surface area is 91.5 Å². The highest BCUT2D eigenvalue weighted by Gasteiger charge is 2.06. The first-order chi connectivity index (χ1) is 6.74. The fraction of sp³-hybridized carbons (Fsp3) is 0.200. The van der Waals surface area contributed by atoms with Crippen molar-refractivity contribution in [1.29, 1.82) is 0 Å². The van der Waals surface area contributed by atoms with Gasteiger partial charge in [-0.05, 0) is 29.1 Å². The van der Waals surface area contributed by atoms with E-state index in [9.17, 15) is 5.11 Å². The summed E-state index contributed by atoms with van der Waals surface area (Å²) in [6, 6.07) is 5.77. The number of rotatable bonds is 2. The van der Waals surface area contributed by atoms with E-state index < -0.39 is 0 Å². The summed E-state index contributed by atoms with van der Waals surface area (Å²) in [4.78, 5) is 0. The zero-order valence-corrected chi connectivity index (χ0v) is 9.36. The molecule has 2 nitrogen and oxygen atoms in total. The number of hydrogen-bond donors (Lipinski definition) is 2. The van der Waals surface area contributed by atoms with Crippen molar-refractivity contribution in [3.8, 4) is 5.75 Å². The Hall–Kier alpha value is -0.710. The van der Waals surface area contributed by atoms with Crippen molar-refractivity contribution in [1.82, 2.24) is 0 Å². The lowest BCUT2D eigenvalue weighted by atomic mass is 10.1. The highest BCUT2D eigenvalue weighted by Crippen LogP contribution is 2.33. The number of ether oxygens (including phenoxy) is 1. The highest BCUT2D eigenvalue weighted by atomic mass is 32.2. The van der Waals surface area contributed by atoms with Crippen molar-refractivity contribution >= 4 is 34.1 Å². The second-order valence-corrected chi connectivity index (χ2v) is 4.81. The number of fused-ring (bicyclic) bond motifs is 1. The molecule has 0 radical (unpaired) electrons. The number of thiophene rings is 1. The Morgan fingerprint density at radius 2 is 2.21 bits per heavy atom. The molecular formula is C10H10O2S2. The van der Waals surface area contributed by atoms with Crippen LogP contribution in [-0.2, 0) is 6.61 Å². The molecule has 0 bridgehead atoms. The molecule has 2 rings (SSSR count). The Bertz CT molecular complexity index is 462. The summed E-state index contributed by atoms with van der Waals surface area (Å²) in [6.07, 6.45) is 0. The maximum atomic E-state index is 9.19. The third kappa shape index (κ3) is 1.61. The van der Waals surface area contributed by atoms with Gasteiger partial charge in [-0.1, -0.05) is 0 Å². The molecule has 0 saturated carbocycles. The Balaban J connectivity index is 2.72. The van der Waals surface area contributed by atoms with Crippen LogP contribution < -0.4 is 4.74 Å². The molecule has 0 spiro atoms. The van der Waals surface area contributed by atoms with Gasteiger partial charge in [-0.25, -0.2) is 0 Å². The van der Waals surface area contributed by atoms with Gasteiger partial charge in [0.2, 0.25) is 0 Å². The van der Waals surface area contributed by atoms with E-state index in [0.717, 1.165) is 25.6 Å². The SMILES string of the molecule is COc1cc(CO)c2cc(S)sc2c1. The van der Waals surface area contributed by atoms with Gasteiger partial charge in [0.05, 0.1) is 17.9 Å². The van der Waals surface area contributed by atoms with Gasteiger partial charge in [0.1, 0.15) is 5.75 Å². The van der Waals surface area contributed by atoms with E-state index in [1.807, 2.05) is 18.2 Å². The van der Waals surface area contributed by atoms with Crippen LogP contribution in [0.5, 0.6) is 5.75 Å². The fourth-order valence-corrected chi connectivity index (χ4v) is 2.72. The maximum absolute atomic E-state index is 9.19. The van der Waals surface area contributed by atoms with Crippen molar-refractivity contribution in [2.24, 2.45) is 0 Å². The van der Waals surface area contributed by atoms with Gasteiger partial charge in [-0.3, -0.25) is 0 Å². The maximum Gasteiger partial charge on any atom is 0.120 e. The average Bonchev–Trinajstić information content (AvgIpc) is 2.56. The van der Waals surface area contributed by atoms with Gasteiger partial charge in [0.15, 0.2) is 0 Å². The van der Waals surface area contributed by atoms with Crippen molar-refractivity contribution < 1.29 is 9.84 Å². The average molecular weight is 226 g/mol. The van der Waals surface area contributed by atoms with E-state index >= 15 is 0 Å². The number of hydrogen-bond acceptors (Lipinski definition) is 4. The normalized spacial score (nSPS) is 10.8. The van der Waals surface area contributed by atoms with Crippen LogP contribution in [-0.4, -0.2) is 12.2 Å². The standard InChI is InChI=1S/C10H10O2S2/c1-12-7-2-6(5-11)8-4-10(13)14-9(8)3-7/h2-4,11,13H,5H2,1H3. The van der Waals surface area contributed by atoms with E-state index in [-0.39, 0.29) is 6.61 Å². The zero-order valence-electron chi connectivity index (χ0n) is 7.65. The molecule has 0 aliphatic heterocycles. The summed E-state index contributed by atoms with van der Waals surface area (Å²) in [5.41, 5.74) is 0.885. The number of aliphatic hydroxyl groups is 1. The summed E-state index contributed by atoms with van der Waals surface area (Å²) < 4.78 is 7.19. The van der Waals surface area contributed by atoms with Gasteiger partial charge in [-0.2, -0.15) is 0 Å². The second kappa shape index (κ2) is 3.81. The lowest BCUT2D eigenvalue weighted by Crippen LogP contribution is -1.87. The minimum atomic E-state index is 0.0254. The molecule has 0 saturated heterocycles. The van der Waals surface area contributed by atoms with Gasteiger partial charge < -0.3 is 9.84 Å². The molecule has 4 heteroatoms. The largest absolute Gasteiger partial charge is 0.497 e. The summed E-state index contributed by atoms with van der Waals surface area (Å²) in [7, 11) is 1.62. The summed E-state index contributed by atoms with van der Waals surface area (Å²) in [6.45, 7) is 0.0254. The topological polar surface area (TPSA) is 29.5 Å². The lowest BCUT2D eigenvalue weighted by Gasteiger charge is -2.03. The van der Waals surface area contributed by atoms with Crippen LogP contribution in [0.4, 0.5) is 0 Å². The number of thiol groups is 1. The van der Waals surface area contributed by atoms with E-state index in [4.69, 9.17) is 4.74 Å². The quantitative estimate of drug-likeness (QED) is 0.771. The van der Waals surface area contributed by atoms with Crippen LogP contribution in [0.1, 0.15) is 5.56 Å². The first-order valence-electron chi connectivity index (χ1n) is 4.15. The van der Waals surface area contributed by atoms with Gasteiger partial charge in [-0.15, -0.1) is 24.0 Å². The first-order valence-corrected chi connectivity index (χ1v) is 5.41. The van der Waals surface area contributed by atoms with Crippen LogP contribution >= 0.6 is 24.0 Å². The molecular weight excluding hydrogens is 216 g/mol. The fourth-order valence-electron chi connectivity index (χ4n) is 1.42. The smallest absolute Gasteiger partial charge is 0.120 e. The molecule has 14 heavy (non-hydrogen) atoms. The monoisotopic (exact) mass is 226 g/mol. The molecule has 74 valence electrons. The van der Waals surface area contributed by atoms with Gasteiger partial charge in [0, 0.05) is 4.70 Å². The highest BCUT2D eigenvalue weighted by molar-refractivity contribution is 7.83. The summed E-state index contributed by atoms with van der Waals surface area (Å²) in [5.74, 6) is 0.775. The minimum absolute atomic E-state index is 0.0254. The molecule has 0 aliphatic rings. The van der Waals surface area contributed by atoms with Crippen LogP contribution in [0.2, 0.25) is 0 Å². The summed E-state index contributed by atoms with van der Waals surface area (Å²) in [5, 5.41) is 10.2. The predicted molar refractivity (Wildman–Crippen MR) is 61.6 cm³/mol. The van der Waals surface area contributed by atoms with Crippen molar-refractivity contribution in [3.63, 3.8) is 0 Å². The third-order valence-electron chi connectivity index (χ3n) is 2.09. The molecule has 0 unspecified atom stereocenters. The molecule has 2 aromatic rings. The van der Waals surface area contributed by atoms with Crippen LogP contribution in [0.3, 0.4) is 0 Å². The third-order valence-corrected chi connectivity index (χ3v) is 3.38. The van der Waals surface area contributed by atoms with Gasteiger partial charge >= 0.3 is 0 Å². The van der Waals surface area contributed by atoms with Gasteiger partial charge in [0.25, 0.3) is 0 Å². The molecule has 1 heterocycles. The molecule has 1 N–H and O–H groups in total. The van der Waals surface area contributed by atoms with Crippen molar-refractivity contribution in [3.05, 3.63) is 23.8 Å². The van der Waals surface area contributed by atoms with Crippen LogP contribution in [0.25, 0.3) is 10.1 Å². The Morgan fingerprint density at radius 1 is 1.43 bits per heavy atom. The van der Waals surface area contributed by atoms with E-state index in [1.54, 1.807) is 18.4 Å².